The van der Waals surface area contributed by atoms with Crippen molar-refractivity contribution in [2.24, 2.45) is 5.92 Å². The molecule has 1 aromatic carbocycles. The van der Waals surface area contributed by atoms with Crippen LogP contribution in [0.2, 0.25) is 0 Å². The van der Waals surface area contributed by atoms with Crippen LogP contribution in [0.15, 0.2) is 35.3 Å². The molecule has 5 nitrogen and oxygen atoms in total. The van der Waals surface area contributed by atoms with Gasteiger partial charge in [-0.2, -0.15) is 0 Å². The normalized spacial score (nSPS) is 15.5. The first-order chi connectivity index (χ1) is 11.7. The number of carbonyl (C=O) groups excluding carboxylic acids is 1. The van der Waals surface area contributed by atoms with E-state index in [-0.39, 0.29) is 24.6 Å². The van der Waals surface area contributed by atoms with Gasteiger partial charge >= 0.3 is 0 Å². The zero-order valence-corrected chi connectivity index (χ0v) is 13.8. The number of aromatic nitrogens is 1. The molecule has 0 unspecified atom stereocenters. The maximum absolute atomic E-state index is 12.6. The first kappa shape index (κ1) is 16.7. The van der Waals surface area contributed by atoms with Gasteiger partial charge in [0.1, 0.15) is 0 Å². The van der Waals surface area contributed by atoms with Crippen molar-refractivity contribution in [1.82, 2.24) is 9.88 Å². The number of benzene rings is 1. The highest BCUT2D eigenvalue weighted by Gasteiger charge is 2.16. The molecule has 2 aromatic rings. The Kier molecular flexibility index (Phi) is 5.30. The summed E-state index contributed by atoms with van der Waals surface area (Å²) in [6, 6.07) is 7.00. The Labute approximate surface area is 141 Å². The third-order valence-corrected chi connectivity index (χ3v) is 4.88. The summed E-state index contributed by atoms with van der Waals surface area (Å²) in [5.41, 5.74) is 0.361. The van der Waals surface area contributed by atoms with Crippen molar-refractivity contribution in [3.8, 4) is 0 Å². The largest absolute Gasteiger partial charge is 0.395 e. The predicted molar refractivity (Wildman–Crippen MR) is 94.2 cm³/mol. The van der Waals surface area contributed by atoms with E-state index >= 15 is 0 Å². The van der Waals surface area contributed by atoms with Crippen LogP contribution in [0.1, 0.15) is 42.5 Å². The van der Waals surface area contributed by atoms with Crippen molar-refractivity contribution in [2.75, 3.05) is 13.2 Å². The highest BCUT2D eigenvalue weighted by molar-refractivity contribution is 6.06. The number of fused-ring (bicyclic) bond motifs is 1. The van der Waals surface area contributed by atoms with Crippen LogP contribution >= 0.6 is 0 Å². The number of aliphatic hydroxyl groups excluding tert-OH is 1. The molecule has 2 N–H and O–H groups in total. The number of pyridine rings is 1. The van der Waals surface area contributed by atoms with Crippen molar-refractivity contribution in [2.45, 2.75) is 38.6 Å². The standard InChI is InChI=1S/C19H24N2O3/c22-12-11-21-10-9-15-16(7-4-8-17(15)19(21)24)18(23)20-13-14-5-2-1-3-6-14/h4,7-10,14,22H,1-3,5-6,11-13H2,(H,20,23). The van der Waals surface area contributed by atoms with Crippen molar-refractivity contribution in [3.63, 3.8) is 0 Å². The zero-order valence-electron chi connectivity index (χ0n) is 13.8. The lowest BCUT2D eigenvalue weighted by Crippen LogP contribution is -2.30. The van der Waals surface area contributed by atoms with Gasteiger partial charge in [-0.05, 0) is 37.0 Å². The Balaban J connectivity index is 1.82. The minimum absolute atomic E-state index is 0.0903. The molecule has 1 amide bonds. The molecule has 1 saturated carbocycles. The highest BCUT2D eigenvalue weighted by Crippen LogP contribution is 2.23. The summed E-state index contributed by atoms with van der Waals surface area (Å²) in [4.78, 5) is 25.0. The third kappa shape index (κ3) is 3.51. The van der Waals surface area contributed by atoms with E-state index in [1.165, 1.54) is 36.7 Å². The fourth-order valence-corrected chi connectivity index (χ4v) is 3.52. The monoisotopic (exact) mass is 328 g/mol. The van der Waals surface area contributed by atoms with Crippen LogP contribution in [0, 0.1) is 5.92 Å². The lowest BCUT2D eigenvalue weighted by atomic mass is 9.89. The molecule has 0 radical (unpaired) electrons. The maximum atomic E-state index is 12.6. The molecule has 1 aliphatic rings. The van der Waals surface area contributed by atoms with Gasteiger partial charge in [-0.1, -0.05) is 25.3 Å². The van der Waals surface area contributed by atoms with Crippen molar-refractivity contribution in [3.05, 3.63) is 46.4 Å². The predicted octanol–water partition coefficient (Wildman–Crippen LogP) is 2.30. The van der Waals surface area contributed by atoms with Crippen LogP contribution in [-0.4, -0.2) is 28.7 Å². The second-order valence-electron chi connectivity index (χ2n) is 6.52. The van der Waals surface area contributed by atoms with Gasteiger partial charge < -0.3 is 15.0 Å². The van der Waals surface area contributed by atoms with Gasteiger partial charge in [-0.25, -0.2) is 0 Å². The molecule has 3 rings (SSSR count). The first-order valence-electron chi connectivity index (χ1n) is 8.72. The van der Waals surface area contributed by atoms with Crippen molar-refractivity contribution < 1.29 is 9.90 Å². The quantitative estimate of drug-likeness (QED) is 0.885. The lowest BCUT2D eigenvalue weighted by Gasteiger charge is -2.21. The Hall–Kier alpha value is -2.14. The Morgan fingerprint density at radius 3 is 2.71 bits per heavy atom. The number of nitrogens with one attached hydrogen (secondary N) is 1. The van der Waals surface area contributed by atoms with Gasteiger partial charge in [0.15, 0.2) is 0 Å². The smallest absolute Gasteiger partial charge is 0.258 e. The van der Waals surface area contributed by atoms with Gasteiger partial charge in [0.2, 0.25) is 0 Å². The summed E-state index contributed by atoms with van der Waals surface area (Å²) in [6.45, 7) is 0.872. The number of amides is 1. The molecule has 0 spiro atoms. The van der Waals surface area contributed by atoms with Crippen molar-refractivity contribution in [1.29, 1.82) is 0 Å². The number of aliphatic hydroxyl groups is 1. The Bertz CT molecular complexity index is 776. The highest BCUT2D eigenvalue weighted by atomic mass is 16.3. The molecule has 0 bridgehead atoms. The summed E-state index contributed by atoms with van der Waals surface area (Å²) < 4.78 is 1.46. The number of hydrogen-bond acceptors (Lipinski definition) is 3. The van der Waals surface area contributed by atoms with Crippen LogP contribution in [-0.2, 0) is 6.54 Å². The molecule has 5 heteroatoms. The molecule has 1 aromatic heterocycles. The number of hydrogen-bond donors (Lipinski definition) is 2. The minimum atomic E-state index is -0.177. The lowest BCUT2D eigenvalue weighted by molar-refractivity contribution is 0.0945. The SMILES string of the molecule is O=C(NCC1CCCCC1)c1cccc2c(=O)n(CCO)ccc12. The van der Waals surface area contributed by atoms with Gasteiger partial charge in [-0.3, -0.25) is 9.59 Å². The summed E-state index contributed by atoms with van der Waals surface area (Å²) >= 11 is 0. The Morgan fingerprint density at radius 1 is 1.17 bits per heavy atom. The van der Waals surface area contributed by atoms with E-state index in [9.17, 15) is 9.59 Å². The van der Waals surface area contributed by atoms with E-state index in [1.807, 2.05) is 0 Å². The fourth-order valence-electron chi connectivity index (χ4n) is 3.52. The molecule has 1 aliphatic carbocycles. The third-order valence-electron chi connectivity index (χ3n) is 4.88. The summed E-state index contributed by atoms with van der Waals surface area (Å²) in [6.07, 6.45) is 7.80. The van der Waals surface area contributed by atoms with Crippen LogP contribution < -0.4 is 10.9 Å². The summed E-state index contributed by atoms with van der Waals surface area (Å²) in [5.74, 6) is 0.449. The zero-order chi connectivity index (χ0) is 16.9. The topological polar surface area (TPSA) is 71.3 Å². The van der Waals surface area contributed by atoms with Gasteiger partial charge in [0.25, 0.3) is 11.5 Å². The number of rotatable bonds is 5. The number of nitrogens with zero attached hydrogens (tertiary/aromatic N) is 1. The Morgan fingerprint density at radius 2 is 1.96 bits per heavy atom. The molecule has 1 fully saturated rings. The van der Waals surface area contributed by atoms with Crippen molar-refractivity contribution >= 4 is 16.7 Å². The van der Waals surface area contributed by atoms with Gasteiger partial charge in [0.05, 0.1) is 6.61 Å². The number of carbonyl (C=O) groups is 1. The summed E-state index contributed by atoms with van der Waals surface area (Å²) in [7, 11) is 0. The van der Waals surface area contributed by atoms with E-state index in [0.717, 1.165) is 0 Å². The average molecular weight is 328 g/mol. The molecule has 0 aliphatic heterocycles. The summed E-state index contributed by atoms with van der Waals surface area (Å²) in [5, 5.41) is 13.2. The van der Waals surface area contributed by atoms with Gasteiger partial charge in [0, 0.05) is 35.6 Å². The maximum Gasteiger partial charge on any atom is 0.258 e. The van der Waals surface area contributed by atoms with Crippen LogP contribution in [0.25, 0.3) is 10.8 Å². The molecule has 0 saturated heterocycles. The fraction of sp³-hybridized carbons (Fsp3) is 0.474. The minimum Gasteiger partial charge on any atom is -0.395 e. The molecule has 1 heterocycles. The first-order valence-corrected chi connectivity index (χ1v) is 8.72. The van der Waals surface area contributed by atoms with E-state index in [2.05, 4.69) is 5.32 Å². The molecule has 24 heavy (non-hydrogen) atoms. The second-order valence-corrected chi connectivity index (χ2v) is 6.52. The van der Waals surface area contributed by atoms with Crippen LogP contribution in [0.5, 0.6) is 0 Å². The molecular weight excluding hydrogens is 304 g/mol. The van der Waals surface area contributed by atoms with E-state index in [1.54, 1.807) is 30.5 Å². The molecule has 0 atom stereocenters. The van der Waals surface area contributed by atoms with E-state index in [0.29, 0.717) is 28.8 Å². The molecular formula is C19H24N2O3. The molecule has 128 valence electrons. The van der Waals surface area contributed by atoms with E-state index in [4.69, 9.17) is 5.11 Å². The second kappa shape index (κ2) is 7.62. The van der Waals surface area contributed by atoms with Crippen LogP contribution in [0.3, 0.4) is 0 Å². The van der Waals surface area contributed by atoms with Crippen LogP contribution in [0.4, 0.5) is 0 Å². The average Bonchev–Trinajstić information content (AvgIpc) is 2.63. The van der Waals surface area contributed by atoms with Gasteiger partial charge in [-0.15, -0.1) is 0 Å². The van der Waals surface area contributed by atoms with E-state index < -0.39 is 0 Å².